The molecule has 3 heterocycles. The molecule has 5 rings (SSSR count). The van der Waals surface area contributed by atoms with Crippen LogP contribution in [-0.2, 0) is 11.2 Å². The monoisotopic (exact) mass is 450 g/mol. The zero-order chi connectivity index (χ0) is 23.3. The van der Waals surface area contributed by atoms with E-state index in [1.165, 1.54) is 5.56 Å². The van der Waals surface area contributed by atoms with Crippen molar-refractivity contribution >= 4 is 17.2 Å². The number of fused-ring (bicyclic) bond motifs is 1. The van der Waals surface area contributed by atoms with Crippen molar-refractivity contribution in [3.05, 3.63) is 90.6 Å². The second kappa shape index (κ2) is 9.50. The second-order valence-electron chi connectivity index (χ2n) is 7.64. The summed E-state index contributed by atoms with van der Waals surface area (Å²) in [5.41, 5.74) is 4.74. The number of carbonyl (C=O) groups excluding carboxylic acids is 1. The van der Waals surface area contributed by atoms with Gasteiger partial charge in [-0.15, -0.1) is 10.2 Å². The Morgan fingerprint density at radius 1 is 0.941 bits per heavy atom. The number of nitrogens with zero attached hydrogens (tertiary/aromatic N) is 5. The third-order valence-corrected chi connectivity index (χ3v) is 5.30. The van der Waals surface area contributed by atoms with Crippen molar-refractivity contribution in [2.45, 2.75) is 13.3 Å². The molecule has 0 radical (unpaired) electrons. The average Bonchev–Trinajstić information content (AvgIpc) is 3.32. The predicted molar refractivity (Wildman–Crippen MR) is 129 cm³/mol. The molecule has 34 heavy (non-hydrogen) atoms. The van der Waals surface area contributed by atoms with Gasteiger partial charge in [-0.1, -0.05) is 37.3 Å². The van der Waals surface area contributed by atoms with Crippen LogP contribution in [0.2, 0.25) is 0 Å². The molecule has 2 aromatic carbocycles. The van der Waals surface area contributed by atoms with Crippen LogP contribution in [0.5, 0.6) is 5.75 Å². The summed E-state index contributed by atoms with van der Waals surface area (Å²) in [6.45, 7) is 2.02. The number of amides is 1. The summed E-state index contributed by atoms with van der Waals surface area (Å²) in [6, 6.07) is 24.6. The fourth-order valence-corrected chi connectivity index (χ4v) is 3.52. The summed E-state index contributed by atoms with van der Waals surface area (Å²) in [5, 5.41) is 16.0. The molecule has 0 bridgehead atoms. The van der Waals surface area contributed by atoms with E-state index in [-0.39, 0.29) is 12.5 Å². The number of benzene rings is 2. The first kappa shape index (κ1) is 21.3. The molecule has 8 heteroatoms. The van der Waals surface area contributed by atoms with Crippen molar-refractivity contribution in [2.75, 3.05) is 11.9 Å². The fourth-order valence-electron chi connectivity index (χ4n) is 3.52. The van der Waals surface area contributed by atoms with Crippen LogP contribution in [0.3, 0.4) is 0 Å². The highest BCUT2D eigenvalue weighted by atomic mass is 16.5. The SMILES string of the molecule is CCc1ccc(OCC(=O)Nc2cccc(-c3ccc4nnc(-c5ccccn5)n4n3)c2)cc1. The highest BCUT2D eigenvalue weighted by Crippen LogP contribution is 2.23. The van der Waals surface area contributed by atoms with Gasteiger partial charge in [0.15, 0.2) is 12.3 Å². The molecular formula is C26H22N6O2. The van der Waals surface area contributed by atoms with Crippen LogP contribution in [0.15, 0.2) is 85.1 Å². The van der Waals surface area contributed by atoms with Gasteiger partial charge in [-0.3, -0.25) is 9.78 Å². The normalized spacial score (nSPS) is 10.9. The van der Waals surface area contributed by atoms with Gasteiger partial charge in [0.25, 0.3) is 5.91 Å². The van der Waals surface area contributed by atoms with E-state index in [9.17, 15) is 4.79 Å². The minimum Gasteiger partial charge on any atom is -0.484 e. The van der Waals surface area contributed by atoms with Crippen LogP contribution in [0.1, 0.15) is 12.5 Å². The van der Waals surface area contributed by atoms with Crippen LogP contribution < -0.4 is 10.1 Å². The molecule has 1 N–H and O–H groups in total. The lowest BCUT2D eigenvalue weighted by Crippen LogP contribution is -2.20. The molecule has 168 valence electrons. The Kier molecular flexibility index (Phi) is 5.94. The van der Waals surface area contributed by atoms with Crippen LogP contribution in [-0.4, -0.2) is 37.3 Å². The molecule has 0 spiro atoms. The van der Waals surface area contributed by atoms with Crippen molar-refractivity contribution in [1.29, 1.82) is 0 Å². The number of carbonyl (C=O) groups is 1. The molecule has 0 fully saturated rings. The summed E-state index contributed by atoms with van der Waals surface area (Å²) in [7, 11) is 0. The van der Waals surface area contributed by atoms with E-state index >= 15 is 0 Å². The molecule has 0 unspecified atom stereocenters. The molecule has 0 atom stereocenters. The smallest absolute Gasteiger partial charge is 0.262 e. The van der Waals surface area contributed by atoms with Gasteiger partial charge in [0.2, 0.25) is 5.82 Å². The van der Waals surface area contributed by atoms with Crippen molar-refractivity contribution < 1.29 is 9.53 Å². The zero-order valence-electron chi connectivity index (χ0n) is 18.5. The molecular weight excluding hydrogens is 428 g/mol. The van der Waals surface area contributed by atoms with Crippen molar-refractivity contribution in [2.24, 2.45) is 0 Å². The molecule has 0 aliphatic rings. The highest BCUT2D eigenvalue weighted by Gasteiger charge is 2.12. The number of anilines is 1. The van der Waals surface area contributed by atoms with E-state index in [0.717, 1.165) is 12.0 Å². The summed E-state index contributed by atoms with van der Waals surface area (Å²) in [6.07, 6.45) is 2.66. The Bertz CT molecular complexity index is 1430. The van der Waals surface area contributed by atoms with E-state index in [2.05, 4.69) is 27.4 Å². The van der Waals surface area contributed by atoms with Gasteiger partial charge in [-0.05, 0) is 60.5 Å². The van der Waals surface area contributed by atoms with Gasteiger partial charge in [-0.25, -0.2) is 0 Å². The standard InChI is InChI=1S/C26H22N6O2/c1-2-18-9-11-21(12-10-18)34-17-25(33)28-20-7-5-6-19(16-20)22-13-14-24-29-30-26(32(24)31-22)23-8-3-4-15-27-23/h3-16H,2,17H2,1H3,(H,28,33). The summed E-state index contributed by atoms with van der Waals surface area (Å²) in [4.78, 5) is 16.8. The van der Waals surface area contributed by atoms with Crippen molar-refractivity contribution in [1.82, 2.24) is 24.8 Å². The fraction of sp³-hybridized carbons (Fsp3) is 0.115. The zero-order valence-corrected chi connectivity index (χ0v) is 18.5. The quantitative estimate of drug-likeness (QED) is 0.394. The average molecular weight is 451 g/mol. The first-order valence-electron chi connectivity index (χ1n) is 11.0. The molecule has 5 aromatic rings. The van der Waals surface area contributed by atoms with E-state index in [1.54, 1.807) is 10.7 Å². The molecule has 0 saturated carbocycles. The highest BCUT2D eigenvalue weighted by molar-refractivity contribution is 5.92. The number of hydrogen-bond acceptors (Lipinski definition) is 6. The van der Waals surface area contributed by atoms with E-state index in [1.807, 2.05) is 78.9 Å². The van der Waals surface area contributed by atoms with Gasteiger partial charge in [0, 0.05) is 17.4 Å². The largest absolute Gasteiger partial charge is 0.484 e. The lowest BCUT2D eigenvalue weighted by Gasteiger charge is -2.09. The van der Waals surface area contributed by atoms with Gasteiger partial charge >= 0.3 is 0 Å². The first-order valence-corrected chi connectivity index (χ1v) is 11.0. The topological polar surface area (TPSA) is 94.3 Å². The lowest BCUT2D eigenvalue weighted by molar-refractivity contribution is -0.118. The molecule has 8 nitrogen and oxygen atoms in total. The maximum atomic E-state index is 12.4. The Morgan fingerprint density at radius 3 is 2.62 bits per heavy atom. The maximum Gasteiger partial charge on any atom is 0.262 e. The lowest BCUT2D eigenvalue weighted by atomic mass is 10.1. The van der Waals surface area contributed by atoms with Crippen molar-refractivity contribution in [3.8, 4) is 28.5 Å². The molecule has 0 aliphatic heterocycles. The number of aryl methyl sites for hydroxylation is 1. The number of nitrogens with one attached hydrogen (secondary N) is 1. The second-order valence-corrected chi connectivity index (χ2v) is 7.64. The molecule has 0 saturated heterocycles. The van der Waals surface area contributed by atoms with Crippen LogP contribution >= 0.6 is 0 Å². The summed E-state index contributed by atoms with van der Waals surface area (Å²) < 4.78 is 7.27. The third-order valence-electron chi connectivity index (χ3n) is 5.30. The van der Waals surface area contributed by atoms with Crippen LogP contribution in [0.4, 0.5) is 5.69 Å². The number of hydrogen-bond donors (Lipinski definition) is 1. The minimum atomic E-state index is -0.239. The van der Waals surface area contributed by atoms with Crippen molar-refractivity contribution in [3.63, 3.8) is 0 Å². The summed E-state index contributed by atoms with van der Waals surface area (Å²) >= 11 is 0. The van der Waals surface area contributed by atoms with Gasteiger partial charge in [0.1, 0.15) is 11.4 Å². The van der Waals surface area contributed by atoms with E-state index in [4.69, 9.17) is 9.84 Å². The number of ether oxygens (including phenoxy) is 1. The van der Waals surface area contributed by atoms with Crippen LogP contribution in [0.25, 0.3) is 28.4 Å². The number of aromatic nitrogens is 5. The molecule has 0 aliphatic carbocycles. The maximum absolute atomic E-state index is 12.4. The Morgan fingerprint density at radius 2 is 1.82 bits per heavy atom. The number of rotatable bonds is 7. The third kappa shape index (κ3) is 4.61. The van der Waals surface area contributed by atoms with E-state index in [0.29, 0.717) is 34.3 Å². The Balaban J connectivity index is 1.32. The van der Waals surface area contributed by atoms with Gasteiger partial charge in [0.05, 0.1) is 5.69 Å². The Hall–Kier alpha value is -4.59. The van der Waals surface area contributed by atoms with Gasteiger partial charge in [-0.2, -0.15) is 9.61 Å². The molecule has 3 aromatic heterocycles. The van der Waals surface area contributed by atoms with Gasteiger partial charge < -0.3 is 10.1 Å². The Labute approximate surface area is 196 Å². The summed E-state index contributed by atoms with van der Waals surface area (Å²) in [5.74, 6) is 0.985. The number of pyridine rings is 1. The molecule has 1 amide bonds. The minimum absolute atomic E-state index is 0.0753. The first-order chi connectivity index (χ1) is 16.7. The predicted octanol–water partition coefficient (Wildman–Crippen LogP) is 4.43. The van der Waals surface area contributed by atoms with E-state index < -0.39 is 0 Å². The van der Waals surface area contributed by atoms with Crippen LogP contribution in [0, 0.1) is 0 Å².